The highest BCUT2D eigenvalue weighted by Gasteiger charge is 2.22. The molecule has 0 aromatic rings. The first-order valence-corrected chi connectivity index (χ1v) is 5.62. The molecule has 2 unspecified atom stereocenters. The van der Waals surface area contributed by atoms with E-state index in [9.17, 15) is 0 Å². The molecule has 0 aromatic carbocycles. The van der Waals surface area contributed by atoms with Crippen LogP contribution in [0.1, 0.15) is 13.3 Å². The average Bonchev–Trinajstić information content (AvgIpc) is 2.81. The van der Waals surface area contributed by atoms with Crippen molar-refractivity contribution in [3.8, 4) is 0 Å². The first kappa shape index (κ1) is 13.2. The van der Waals surface area contributed by atoms with E-state index in [2.05, 4.69) is 22.7 Å². The number of ether oxygens (including phenoxy) is 2. The molecular weight excluding hydrogens is 208 g/mol. The molecule has 6 heteroatoms. The van der Waals surface area contributed by atoms with E-state index in [1.165, 1.54) is 0 Å². The van der Waals surface area contributed by atoms with Gasteiger partial charge in [0.15, 0.2) is 0 Å². The van der Waals surface area contributed by atoms with Gasteiger partial charge in [-0.1, -0.05) is 0 Å². The largest absolute Gasteiger partial charge is 0.383 e. The first-order valence-electron chi connectivity index (χ1n) is 5.62. The third-order valence-electron chi connectivity index (χ3n) is 2.74. The highest BCUT2D eigenvalue weighted by atomic mass is 16.5. The zero-order valence-electron chi connectivity index (χ0n) is 10.0. The molecule has 1 aliphatic rings. The molecule has 1 fully saturated rings. The lowest BCUT2D eigenvalue weighted by Gasteiger charge is -2.21. The number of methoxy groups -OCH3 is 1. The molecule has 0 bridgehead atoms. The van der Waals surface area contributed by atoms with Gasteiger partial charge in [-0.2, -0.15) is 0 Å². The fourth-order valence-electron chi connectivity index (χ4n) is 1.66. The van der Waals surface area contributed by atoms with Crippen molar-refractivity contribution >= 4 is 5.96 Å². The van der Waals surface area contributed by atoms with Crippen LogP contribution in [0.4, 0.5) is 0 Å². The summed E-state index contributed by atoms with van der Waals surface area (Å²) in [7, 11) is 1.65. The summed E-state index contributed by atoms with van der Waals surface area (Å²) in [5.41, 5.74) is 2.56. The molecule has 0 saturated carbocycles. The second-order valence-electron chi connectivity index (χ2n) is 3.92. The van der Waals surface area contributed by atoms with Gasteiger partial charge in [0.25, 0.3) is 0 Å². The van der Waals surface area contributed by atoms with Crippen LogP contribution in [0.3, 0.4) is 0 Å². The van der Waals surface area contributed by atoms with E-state index in [0.717, 1.165) is 19.6 Å². The molecular formula is C10H22N4O2. The van der Waals surface area contributed by atoms with Crippen LogP contribution in [0.5, 0.6) is 0 Å². The third-order valence-corrected chi connectivity index (χ3v) is 2.74. The number of aliphatic imine (C=N–C) groups is 1. The number of hydrazine groups is 1. The molecule has 1 aliphatic heterocycles. The van der Waals surface area contributed by atoms with E-state index in [0.29, 0.717) is 31.1 Å². The van der Waals surface area contributed by atoms with Gasteiger partial charge in [0.2, 0.25) is 5.96 Å². The Labute approximate surface area is 96.6 Å². The lowest BCUT2D eigenvalue weighted by Crippen LogP contribution is -2.48. The van der Waals surface area contributed by atoms with Gasteiger partial charge in [0.1, 0.15) is 0 Å². The number of nitrogens with one attached hydrogen (secondary N) is 2. The fraction of sp³-hybridized carbons (Fsp3) is 0.900. The van der Waals surface area contributed by atoms with E-state index >= 15 is 0 Å². The SMILES string of the molecule is COCCN=C(NN)NC(C)C1CCOC1. The Morgan fingerprint density at radius 2 is 2.50 bits per heavy atom. The van der Waals surface area contributed by atoms with E-state index < -0.39 is 0 Å². The second kappa shape index (κ2) is 7.43. The zero-order valence-corrected chi connectivity index (χ0v) is 10.0. The molecule has 1 rings (SSSR count). The van der Waals surface area contributed by atoms with Gasteiger partial charge < -0.3 is 14.8 Å². The number of hydrogen-bond acceptors (Lipinski definition) is 4. The van der Waals surface area contributed by atoms with Gasteiger partial charge in [-0.25, -0.2) is 10.8 Å². The van der Waals surface area contributed by atoms with Gasteiger partial charge in [-0.15, -0.1) is 0 Å². The minimum absolute atomic E-state index is 0.305. The molecule has 4 N–H and O–H groups in total. The van der Waals surface area contributed by atoms with E-state index in [4.69, 9.17) is 15.3 Å². The normalized spacial score (nSPS) is 23.2. The van der Waals surface area contributed by atoms with Crippen LogP contribution >= 0.6 is 0 Å². The molecule has 0 spiro atoms. The highest BCUT2D eigenvalue weighted by Crippen LogP contribution is 2.15. The topological polar surface area (TPSA) is 80.9 Å². The van der Waals surface area contributed by atoms with Crippen LogP contribution < -0.4 is 16.6 Å². The van der Waals surface area contributed by atoms with E-state index in [-0.39, 0.29) is 0 Å². The molecule has 16 heavy (non-hydrogen) atoms. The maximum absolute atomic E-state index is 5.39. The van der Waals surface area contributed by atoms with Crippen LogP contribution in [-0.2, 0) is 9.47 Å². The van der Waals surface area contributed by atoms with Crippen molar-refractivity contribution in [2.45, 2.75) is 19.4 Å². The Kier molecular flexibility index (Phi) is 6.14. The monoisotopic (exact) mass is 230 g/mol. The maximum Gasteiger partial charge on any atom is 0.206 e. The molecule has 0 aromatic heterocycles. The number of nitrogens with zero attached hydrogens (tertiary/aromatic N) is 1. The van der Waals surface area contributed by atoms with Crippen molar-refractivity contribution in [1.82, 2.24) is 10.7 Å². The minimum atomic E-state index is 0.305. The molecule has 0 amide bonds. The Hall–Kier alpha value is -0.850. The maximum atomic E-state index is 5.39. The Balaban J connectivity index is 2.33. The smallest absolute Gasteiger partial charge is 0.206 e. The van der Waals surface area contributed by atoms with Gasteiger partial charge >= 0.3 is 0 Å². The van der Waals surface area contributed by atoms with Crippen molar-refractivity contribution in [3.63, 3.8) is 0 Å². The van der Waals surface area contributed by atoms with Crippen LogP contribution in [0, 0.1) is 5.92 Å². The molecule has 1 saturated heterocycles. The Morgan fingerprint density at radius 1 is 1.69 bits per heavy atom. The third kappa shape index (κ3) is 4.34. The second-order valence-corrected chi connectivity index (χ2v) is 3.92. The van der Waals surface area contributed by atoms with Crippen molar-refractivity contribution in [3.05, 3.63) is 0 Å². The number of nitrogens with two attached hydrogens (primary N) is 1. The lowest BCUT2D eigenvalue weighted by molar-refractivity contribution is 0.180. The van der Waals surface area contributed by atoms with Crippen LogP contribution in [0.25, 0.3) is 0 Å². The summed E-state index contributed by atoms with van der Waals surface area (Å²) in [4.78, 5) is 4.25. The van der Waals surface area contributed by atoms with Crippen molar-refractivity contribution in [1.29, 1.82) is 0 Å². The summed E-state index contributed by atoms with van der Waals surface area (Å²) in [6, 6.07) is 0.305. The summed E-state index contributed by atoms with van der Waals surface area (Å²) >= 11 is 0. The van der Waals surface area contributed by atoms with Crippen LogP contribution in [0.2, 0.25) is 0 Å². The average molecular weight is 230 g/mol. The molecule has 94 valence electrons. The molecule has 6 nitrogen and oxygen atoms in total. The Bertz CT molecular complexity index is 217. The molecule has 1 heterocycles. The molecule has 0 aliphatic carbocycles. The van der Waals surface area contributed by atoms with Gasteiger partial charge in [-0.3, -0.25) is 5.43 Å². The zero-order chi connectivity index (χ0) is 11.8. The highest BCUT2D eigenvalue weighted by molar-refractivity contribution is 5.79. The Morgan fingerprint density at radius 3 is 3.06 bits per heavy atom. The summed E-state index contributed by atoms with van der Waals surface area (Å²) < 4.78 is 10.3. The van der Waals surface area contributed by atoms with Gasteiger partial charge in [0.05, 0.1) is 19.8 Å². The van der Waals surface area contributed by atoms with E-state index in [1.807, 2.05) is 0 Å². The van der Waals surface area contributed by atoms with Crippen molar-refractivity contribution < 1.29 is 9.47 Å². The van der Waals surface area contributed by atoms with Crippen LogP contribution in [-0.4, -0.2) is 45.5 Å². The van der Waals surface area contributed by atoms with Gasteiger partial charge in [-0.05, 0) is 13.3 Å². The quantitative estimate of drug-likeness (QED) is 0.194. The number of hydrogen-bond donors (Lipinski definition) is 3. The fourth-order valence-corrected chi connectivity index (χ4v) is 1.66. The first-order chi connectivity index (χ1) is 7.77. The summed E-state index contributed by atoms with van der Waals surface area (Å²) in [6.07, 6.45) is 1.09. The lowest BCUT2D eigenvalue weighted by atomic mass is 10.0. The summed E-state index contributed by atoms with van der Waals surface area (Å²) in [6.45, 7) is 4.96. The van der Waals surface area contributed by atoms with E-state index in [1.54, 1.807) is 7.11 Å². The number of rotatable bonds is 5. The van der Waals surface area contributed by atoms with Crippen LogP contribution in [0.15, 0.2) is 4.99 Å². The van der Waals surface area contributed by atoms with Crippen molar-refractivity contribution in [2.75, 3.05) is 33.5 Å². The standard InChI is InChI=1S/C10H22N4O2/c1-8(9-3-5-16-7-9)13-10(14-11)12-4-6-15-2/h8-9H,3-7,11H2,1-2H3,(H2,12,13,14). The van der Waals surface area contributed by atoms with Crippen molar-refractivity contribution in [2.24, 2.45) is 16.8 Å². The molecule has 2 atom stereocenters. The summed E-state index contributed by atoms with van der Waals surface area (Å²) in [5.74, 6) is 6.52. The summed E-state index contributed by atoms with van der Waals surface area (Å²) in [5, 5.41) is 3.25. The predicted molar refractivity (Wildman–Crippen MR) is 63.0 cm³/mol. The molecule has 0 radical (unpaired) electrons. The number of guanidine groups is 1. The van der Waals surface area contributed by atoms with Gasteiger partial charge in [0, 0.05) is 25.7 Å². The predicted octanol–water partition coefficient (Wildman–Crippen LogP) is -0.533. The minimum Gasteiger partial charge on any atom is -0.383 e.